The SMILES string of the molecule is Cc1nn(-c2cc(Cl)c(Oc3cc(C(C)N4CCC4)c(=O)[nH]n3)c(Cl)c2)c(=O)[nH]c1=O. The van der Waals surface area contributed by atoms with Gasteiger partial charge in [0, 0.05) is 17.7 Å². The summed E-state index contributed by atoms with van der Waals surface area (Å²) >= 11 is 12.7. The molecule has 2 aromatic heterocycles. The standard InChI is InChI=1S/C19H18Cl2N6O4/c1-9-17(28)22-19(30)27(25-9)11-6-13(20)16(14(21)7-11)31-15-8-12(18(29)24-23-15)10(2)26-4-3-5-26/h6-8,10H,3-5H2,1-2H3,(H,24,29)(H,22,28,30). The van der Waals surface area contributed by atoms with Crippen molar-refractivity contribution in [3.63, 3.8) is 0 Å². The van der Waals surface area contributed by atoms with Crippen molar-refractivity contribution in [2.45, 2.75) is 26.3 Å². The lowest BCUT2D eigenvalue weighted by Gasteiger charge is -2.36. The number of hydrogen-bond donors (Lipinski definition) is 2. The molecule has 12 heteroatoms. The fraction of sp³-hybridized carbons (Fsp3) is 0.316. The van der Waals surface area contributed by atoms with Crippen LogP contribution in [0.4, 0.5) is 0 Å². The number of benzene rings is 1. The fourth-order valence-corrected chi connectivity index (χ4v) is 3.77. The first-order chi connectivity index (χ1) is 14.7. The van der Waals surface area contributed by atoms with Crippen molar-refractivity contribution >= 4 is 23.2 Å². The summed E-state index contributed by atoms with van der Waals surface area (Å²) in [5.74, 6) is 0.220. The molecule has 4 rings (SSSR count). The van der Waals surface area contributed by atoms with Crippen molar-refractivity contribution in [3.8, 4) is 17.3 Å². The van der Waals surface area contributed by atoms with Crippen LogP contribution in [0.25, 0.3) is 5.69 Å². The zero-order valence-electron chi connectivity index (χ0n) is 16.6. The lowest BCUT2D eigenvalue weighted by Crippen LogP contribution is -2.40. The highest BCUT2D eigenvalue weighted by Crippen LogP contribution is 2.37. The lowest BCUT2D eigenvalue weighted by atomic mass is 10.1. The Kier molecular flexibility index (Phi) is 5.69. The number of halogens is 2. The van der Waals surface area contributed by atoms with Crippen LogP contribution < -0.4 is 21.5 Å². The molecule has 1 fully saturated rings. The second-order valence-electron chi connectivity index (χ2n) is 7.15. The van der Waals surface area contributed by atoms with Crippen LogP contribution in [0.2, 0.25) is 10.0 Å². The maximum absolute atomic E-state index is 12.2. The summed E-state index contributed by atoms with van der Waals surface area (Å²) in [4.78, 5) is 40.2. The van der Waals surface area contributed by atoms with E-state index in [0.717, 1.165) is 24.2 Å². The number of rotatable bonds is 5. The van der Waals surface area contributed by atoms with Crippen molar-refractivity contribution < 1.29 is 4.74 Å². The molecule has 1 aliphatic rings. The third-order valence-corrected chi connectivity index (χ3v) is 5.68. The van der Waals surface area contributed by atoms with Gasteiger partial charge in [-0.1, -0.05) is 23.2 Å². The number of ether oxygens (including phenoxy) is 1. The molecular weight excluding hydrogens is 447 g/mol. The molecule has 1 aliphatic heterocycles. The number of H-pyrrole nitrogens is 2. The van der Waals surface area contributed by atoms with Gasteiger partial charge in [0.25, 0.3) is 11.1 Å². The average molecular weight is 465 g/mol. The van der Waals surface area contributed by atoms with E-state index in [9.17, 15) is 14.4 Å². The Labute approximate surface area is 185 Å². The number of likely N-dealkylation sites (tertiary alicyclic amines) is 1. The average Bonchev–Trinajstić information content (AvgIpc) is 2.67. The molecule has 0 radical (unpaired) electrons. The molecule has 10 nitrogen and oxygen atoms in total. The predicted molar refractivity (Wildman–Crippen MR) is 115 cm³/mol. The minimum absolute atomic E-state index is 0.0856. The van der Waals surface area contributed by atoms with E-state index in [1.54, 1.807) is 6.07 Å². The number of aromatic nitrogens is 5. The smallest absolute Gasteiger partial charge is 0.349 e. The molecule has 31 heavy (non-hydrogen) atoms. The molecule has 162 valence electrons. The van der Waals surface area contributed by atoms with Crippen molar-refractivity contribution in [2.24, 2.45) is 0 Å². The first kappa shape index (κ1) is 21.3. The molecule has 0 spiro atoms. The van der Waals surface area contributed by atoms with Crippen molar-refractivity contribution in [1.29, 1.82) is 0 Å². The van der Waals surface area contributed by atoms with E-state index in [0.29, 0.717) is 5.56 Å². The van der Waals surface area contributed by atoms with Crippen molar-refractivity contribution in [2.75, 3.05) is 13.1 Å². The molecule has 0 saturated carbocycles. The molecule has 1 atom stereocenters. The van der Waals surface area contributed by atoms with Crippen LogP contribution in [-0.4, -0.2) is 43.0 Å². The van der Waals surface area contributed by atoms with Crippen LogP contribution in [0.5, 0.6) is 11.6 Å². The number of aryl methyl sites for hydroxylation is 1. The van der Waals surface area contributed by atoms with Gasteiger partial charge in [-0.05, 0) is 45.5 Å². The summed E-state index contributed by atoms with van der Waals surface area (Å²) < 4.78 is 6.73. The van der Waals surface area contributed by atoms with Crippen molar-refractivity contribution in [3.05, 3.63) is 70.7 Å². The number of nitrogens with zero attached hydrogens (tertiary/aromatic N) is 4. The topological polar surface area (TPSA) is 126 Å². The maximum Gasteiger partial charge on any atom is 0.349 e. The summed E-state index contributed by atoms with van der Waals surface area (Å²) in [6.45, 7) is 5.26. The molecule has 1 unspecified atom stereocenters. The van der Waals surface area contributed by atoms with Gasteiger partial charge in [0.15, 0.2) is 5.75 Å². The van der Waals surface area contributed by atoms with Crippen LogP contribution in [0.15, 0.2) is 32.6 Å². The van der Waals surface area contributed by atoms with Gasteiger partial charge in [-0.15, -0.1) is 5.10 Å². The zero-order chi connectivity index (χ0) is 22.3. The van der Waals surface area contributed by atoms with E-state index in [-0.39, 0.29) is 44.7 Å². The van der Waals surface area contributed by atoms with Crippen LogP contribution >= 0.6 is 23.2 Å². The third kappa shape index (κ3) is 4.14. The van der Waals surface area contributed by atoms with Gasteiger partial charge < -0.3 is 4.74 Å². The number of hydrogen-bond acceptors (Lipinski definition) is 7. The van der Waals surface area contributed by atoms with E-state index in [1.807, 2.05) is 6.92 Å². The summed E-state index contributed by atoms with van der Waals surface area (Å²) in [6, 6.07) is 4.31. The van der Waals surface area contributed by atoms with Crippen LogP contribution in [-0.2, 0) is 0 Å². The summed E-state index contributed by atoms with van der Waals surface area (Å²) in [7, 11) is 0. The molecule has 3 aromatic rings. The second kappa shape index (κ2) is 8.29. The lowest BCUT2D eigenvalue weighted by molar-refractivity contribution is 0.127. The molecule has 3 heterocycles. The normalized spacial score (nSPS) is 14.8. The zero-order valence-corrected chi connectivity index (χ0v) is 18.1. The highest BCUT2D eigenvalue weighted by molar-refractivity contribution is 6.37. The molecule has 2 N–H and O–H groups in total. The highest BCUT2D eigenvalue weighted by Gasteiger charge is 2.24. The monoisotopic (exact) mass is 464 g/mol. The first-order valence-electron chi connectivity index (χ1n) is 9.46. The van der Waals surface area contributed by atoms with Crippen molar-refractivity contribution in [1.82, 2.24) is 29.9 Å². The molecule has 0 bridgehead atoms. The van der Waals surface area contributed by atoms with Gasteiger partial charge in [0.2, 0.25) is 5.88 Å². The van der Waals surface area contributed by atoms with Crippen LogP contribution in [0.3, 0.4) is 0 Å². The summed E-state index contributed by atoms with van der Waals surface area (Å²) in [5.41, 5.74) is -0.734. The van der Waals surface area contributed by atoms with Gasteiger partial charge in [-0.2, -0.15) is 9.78 Å². The van der Waals surface area contributed by atoms with Gasteiger partial charge in [-0.25, -0.2) is 9.89 Å². The predicted octanol–water partition coefficient (Wildman–Crippen LogP) is 2.18. The molecule has 0 aliphatic carbocycles. The van der Waals surface area contributed by atoms with Crippen LogP contribution in [0.1, 0.15) is 30.6 Å². The summed E-state index contributed by atoms with van der Waals surface area (Å²) in [5, 5.41) is 10.5. The highest BCUT2D eigenvalue weighted by atomic mass is 35.5. The Bertz CT molecular complexity index is 1300. The van der Waals surface area contributed by atoms with Gasteiger partial charge in [0.1, 0.15) is 5.69 Å². The molecular formula is C19H18Cl2N6O4. The Balaban J connectivity index is 1.67. The van der Waals surface area contributed by atoms with Gasteiger partial charge >= 0.3 is 5.69 Å². The Morgan fingerprint density at radius 1 is 1.10 bits per heavy atom. The van der Waals surface area contributed by atoms with E-state index in [1.165, 1.54) is 19.1 Å². The first-order valence-corrected chi connectivity index (χ1v) is 10.2. The molecule has 1 saturated heterocycles. The van der Waals surface area contributed by atoms with Gasteiger partial charge in [-0.3, -0.25) is 19.5 Å². The minimum atomic E-state index is -0.733. The quantitative estimate of drug-likeness (QED) is 0.592. The third-order valence-electron chi connectivity index (χ3n) is 5.12. The Morgan fingerprint density at radius 2 is 1.77 bits per heavy atom. The Morgan fingerprint density at radius 3 is 2.39 bits per heavy atom. The largest absolute Gasteiger partial charge is 0.434 e. The van der Waals surface area contributed by atoms with Gasteiger partial charge in [0.05, 0.1) is 15.7 Å². The maximum atomic E-state index is 12.2. The fourth-order valence-electron chi connectivity index (χ4n) is 3.22. The molecule has 1 aromatic carbocycles. The van der Waals surface area contributed by atoms with E-state index in [4.69, 9.17) is 27.9 Å². The second-order valence-corrected chi connectivity index (χ2v) is 7.97. The summed E-state index contributed by atoms with van der Waals surface area (Å²) in [6.07, 6.45) is 1.10. The van der Waals surface area contributed by atoms with E-state index in [2.05, 4.69) is 25.2 Å². The minimum Gasteiger partial charge on any atom is -0.434 e. The van der Waals surface area contributed by atoms with Crippen LogP contribution in [0, 0.1) is 6.92 Å². The number of aromatic amines is 2. The Hall–Kier alpha value is -2.95. The number of nitrogens with one attached hydrogen (secondary N) is 2. The van der Waals surface area contributed by atoms with E-state index >= 15 is 0 Å². The molecule has 0 amide bonds. The van der Waals surface area contributed by atoms with E-state index < -0.39 is 11.2 Å².